The van der Waals surface area contributed by atoms with E-state index in [0.717, 1.165) is 13.1 Å². The number of sulfonamides is 1. The first kappa shape index (κ1) is 12.9. The number of nitrogens with one attached hydrogen (secondary N) is 1. The average Bonchev–Trinajstić information content (AvgIpc) is 2.42. The third-order valence-electron chi connectivity index (χ3n) is 1.52. The summed E-state index contributed by atoms with van der Waals surface area (Å²) in [6, 6.07) is 1.63. The van der Waals surface area contributed by atoms with E-state index in [0.29, 0.717) is 11.4 Å². The third kappa shape index (κ3) is 3.16. The Balaban J connectivity index is 2.98. The molecule has 14 heavy (non-hydrogen) atoms. The van der Waals surface area contributed by atoms with Crippen molar-refractivity contribution in [2.24, 2.45) is 0 Å². The molecule has 0 aliphatic heterocycles. The summed E-state index contributed by atoms with van der Waals surface area (Å²) in [6.45, 7) is 2.27. The highest BCUT2D eigenvalue weighted by atomic mass is 127. The Morgan fingerprint density at radius 3 is 2.71 bits per heavy atom. The van der Waals surface area contributed by atoms with Gasteiger partial charge in [-0.1, -0.05) is 22.6 Å². The molecule has 0 amide bonds. The first-order valence-electron chi connectivity index (χ1n) is 3.79. The lowest BCUT2D eigenvalue weighted by Crippen LogP contribution is -2.25. The molecule has 1 aromatic heterocycles. The molecule has 3 nitrogen and oxygen atoms in total. The van der Waals surface area contributed by atoms with Gasteiger partial charge in [-0.25, -0.2) is 13.1 Å². The zero-order valence-corrected chi connectivity index (χ0v) is 12.8. The number of rotatable bonds is 4. The lowest BCUT2D eigenvalue weighted by atomic mass is 10.5. The van der Waals surface area contributed by atoms with Gasteiger partial charge in [0, 0.05) is 15.8 Å². The Labute approximate surface area is 110 Å². The maximum atomic E-state index is 11.7. The van der Waals surface area contributed by atoms with Crippen LogP contribution in [0.1, 0.15) is 4.88 Å². The molecular formula is C7H9BrINO2S2. The van der Waals surface area contributed by atoms with Gasteiger partial charge in [0.1, 0.15) is 0 Å². The molecule has 0 atom stereocenters. The van der Waals surface area contributed by atoms with Gasteiger partial charge in [-0.2, -0.15) is 0 Å². The molecule has 0 aromatic carbocycles. The Kier molecular flexibility index (Phi) is 4.82. The summed E-state index contributed by atoms with van der Waals surface area (Å²) < 4.78 is 27.5. The van der Waals surface area contributed by atoms with E-state index in [1.54, 1.807) is 13.0 Å². The van der Waals surface area contributed by atoms with E-state index >= 15 is 0 Å². The van der Waals surface area contributed by atoms with Crippen LogP contribution in [0.3, 0.4) is 0 Å². The fourth-order valence-electron chi connectivity index (χ4n) is 0.948. The molecule has 0 saturated carbocycles. The maximum absolute atomic E-state index is 11.7. The molecule has 0 bridgehead atoms. The molecule has 0 saturated heterocycles. The molecule has 7 heteroatoms. The second-order valence-corrected chi connectivity index (χ2v) is 8.01. The van der Waals surface area contributed by atoms with Gasteiger partial charge >= 0.3 is 0 Å². The molecule has 0 unspecified atom stereocenters. The predicted octanol–water partition coefficient (Wildman–Crippen LogP) is 2.53. The number of hydrogen-bond acceptors (Lipinski definition) is 3. The number of aryl methyl sites for hydroxylation is 1. The van der Waals surface area contributed by atoms with Crippen molar-refractivity contribution in [1.29, 1.82) is 0 Å². The van der Waals surface area contributed by atoms with E-state index in [-0.39, 0.29) is 0 Å². The van der Waals surface area contributed by atoms with Crippen molar-refractivity contribution >= 4 is 59.9 Å². The molecule has 1 rings (SSSR count). The molecule has 1 aromatic rings. The van der Waals surface area contributed by atoms with E-state index in [4.69, 9.17) is 0 Å². The van der Waals surface area contributed by atoms with Gasteiger partial charge in [-0.05, 0) is 28.9 Å². The Hall–Kier alpha value is 0.820. The highest BCUT2D eigenvalue weighted by Crippen LogP contribution is 2.29. The van der Waals surface area contributed by atoms with Crippen LogP contribution < -0.4 is 4.72 Å². The molecule has 0 radical (unpaired) electrons. The Morgan fingerprint density at radius 1 is 1.64 bits per heavy atom. The van der Waals surface area contributed by atoms with Crippen LogP contribution in [0.25, 0.3) is 0 Å². The Morgan fingerprint density at radius 2 is 2.29 bits per heavy atom. The van der Waals surface area contributed by atoms with Crippen molar-refractivity contribution in [2.45, 2.75) is 11.8 Å². The smallest absolute Gasteiger partial charge is 0.210 e. The summed E-state index contributed by atoms with van der Waals surface area (Å²) >= 11 is 6.82. The topological polar surface area (TPSA) is 46.2 Å². The molecule has 1 N–H and O–H groups in total. The minimum Gasteiger partial charge on any atom is -0.210 e. The second-order valence-electron chi connectivity index (χ2n) is 2.56. The third-order valence-corrected chi connectivity index (χ3v) is 5.33. The monoisotopic (exact) mass is 409 g/mol. The SMILES string of the molecule is Cc1sc(Br)cc1S(=O)(=O)NCCI. The number of hydrogen-bond donors (Lipinski definition) is 1. The van der Waals surface area contributed by atoms with Crippen molar-refractivity contribution in [2.75, 3.05) is 11.0 Å². The zero-order valence-electron chi connectivity index (χ0n) is 7.38. The highest BCUT2D eigenvalue weighted by Gasteiger charge is 2.18. The molecule has 0 spiro atoms. The van der Waals surface area contributed by atoms with Crippen LogP contribution in [0.4, 0.5) is 0 Å². The number of alkyl halides is 1. The first-order chi connectivity index (χ1) is 6.47. The van der Waals surface area contributed by atoms with Gasteiger partial charge in [0.05, 0.1) is 8.68 Å². The van der Waals surface area contributed by atoms with Gasteiger partial charge in [0.15, 0.2) is 0 Å². The fourth-order valence-corrected chi connectivity index (χ4v) is 5.03. The van der Waals surface area contributed by atoms with Crippen molar-refractivity contribution in [3.05, 3.63) is 14.7 Å². The van der Waals surface area contributed by atoms with Crippen LogP contribution in [0.5, 0.6) is 0 Å². The van der Waals surface area contributed by atoms with Crippen LogP contribution in [0.15, 0.2) is 14.7 Å². The van der Waals surface area contributed by atoms with Gasteiger partial charge < -0.3 is 0 Å². The minimum atomic E-state index is -3.31. The number of thiophene rings is 1. The summed E-state index contributed by atoms with van der Waals surface area (Å²) in [6.07, 6.45) is 0. The molecule has 0 fully saturated rings. The van der Waals surface area contributed by atoms with E-state index in [1.807, 2.05) is 0 Å². The summed E-state index contributed by atoms with van der Waals surface area (Å²) in [5.41, 5.74) is 0. The zero-order chi connectivity index (χ0) is 10.8. The van der Waals surface area contributed by atoms with Crippen LogP contribution in [-0.2, 0) is 10.0 Å². The first-order valence-corrected chi connectivity index (χ1v) is 8.41. The highest BCUT2D eigenvalue weighted by molar-refractivity contribution is 14.1. The predicted molar refractivity (Wildman–Crippen MR) is 70.8 cm³/mol. The normalized spacial score (nSPS) is 11.9. The van der Waals surface area contributed by atoms with E-state index in [1.165, 1.54) is 11.3 Å². The van der Waals surface area contributed by atoms with Gasteiger partial charge in [-0.15, -0.1) is 11.3 Å². The average molecular weight is 410 g/mol. The van der Waals surface area contributed by atoms with E-state index in [2.05, 4.69) is 43.2 Å². The van der Waals surface area contributed by atoms with Crippen LogP contribution in [0, 0.1) is 6.92 Å². The number of halogens is 2. The molecule has 80 valence electrons. The summed E-state index contributed by atoms with van der Waals surface area (Å²) in [5, 5.41) is 0. The second kappa shape index (κ2) is 5.24. The largest absolute Gasteiger partial charge is 0.241 e. The van der Waals surface area contributed by atoms with Crippen molar-refractivity contribution < 1.29 is 8.42 Å². The lowest BCUT2D eigenvalue weighted by molar-refractivity contribution is 0.584. The summed E-state index contributed by atoms with van der Waals surface area (Å²) in [7, 11) is -3.31. The summed E-state index contributed by atoms with van der Waals surface area (Å²) in [4.78, 5) is 1.18. The molecule has 0 aliphatic rings. The quantitative estimate of drug-likeness (QED) is 0.613. The van der Waals surface area contributed by atoms with E-state index < -0.39 is 10.0 Å². The van der Waals surface area contributed by atoms with Crippen LogP contribution in [0.2, 0.25) is 0 Å². The van der Waals surface area contributed by atoms with Crippen molar-refractivity contribution in [3.8, 4) is 0 Å². The molecule has 0 aliphatic carbocycles. The maximum Gasteiger partial charge on any atom is 0.241 e. The Bertz CT molecular complexity index is 415. The minimum absolute atomic E-state index is 0.374. The molecule has 1 heterocycles. The van der Waals surface area contributed by atoms with Gasteiger partial charge in [-0.3, -0.25) is 0 Å². The standard InChI is InChI=1S/C7H9BrINO2S2/c1-5-6(4-7(8)13-5)14(11,12)10-3-2-9/h4,10H,2-3H2,1H3. The summed E-state index contributed by atoms with van der Waals surface area (Å²) in [5.74, 6) is 0. The lowest BCUT2D eigenvalue weighted by Gasteiger charge is -2.03. The van der Waals surface area contributed by atoms with Gasteiger partial charge in [0.2, 0.25) is 10.0 Å². The fraction of sp³-hybridized carbons (Fsp3) is 0.429. The van der Waals surface area contributed by atoms with Crippen molar-refractivity contribution in [1.82, 2.24) is 4.72 Å². The van der Waals surface area contributed by atoms with Crippen LogP contribution in [-0.4, -0.2) is 19.4 Å². The van der Waals surface area contributed by atoms with Gasteiger partial charge in [0.25, 0.3) is 0 Å². The van der Waals surface area contributed by atoms with Crippen LogP contribution >= 0.6 is 49.9 Å². The van der Waals surface area contributed by atoms with Crippen molar-refractivity contribution in [3.63, 3.8) is 0 Å². The molecular weight excluding hydrogens is 401 g/mol. The van der Waals surface area contributed by atoms with E-state index in [9.17, 15) is 8.42 Å².